The molecule has 1 aromatic heterocycles. The third kappa shape index (κ3) is 4.98. The largest absolute Gasteiger partial charge is 0.380 e. The predicted molar refractivity (Wildman–Crippen MR) is 90.1 cm³/mol. The molecule has 8 heteroatoms. The van der Waals surface area contributed by atoms with Gasteiger partial charge >= 0.3 is 0 Å². The minimum Gasteiger partial charge on any atom is -0.380 e. The van der Waals surface area contributed by atoms with Crippen molar-refractivity contribution in [2.75, 3.05) is 18.2 Å². The molecule has 0 radical (unpaired) electrons. The van der Waals surface area contributed by atoms with Crippen molar-refractivity contribution in [3.05, 3.63) is 52.7 Å². The summed E-state index contributed by atoms with van der Waals surface area (Å²) in [6.45, 7) is 2.03. The van der Waals surface area contributed by atoms with E-state index in [9.17, 15) is 18.8 Å². The number of rotatable bonds is 6. The molecular weight excluding hydrogens is 348 g/mol. The van der Waals surface area contributed by atoms with Crippen molar-refractivity contribution in [2.24, 2.45) is 0 Å². The quantitative estimate of drug-likeness (QED) is 0.796. The van der Waals surface area contributed by atoms with Crippen molar-refractivity contribution in [2.45, 2.75) is 18.6 Å². The van der Waals surface area contributed by atoms with Crippen molar-refractivity contribution >= 4 is 23.4 Å². The van der Waals surface area contributed by atoms with Crippen LogP contribution in [0, 0.1) is 29.9 Å². The number of anilines is 1. The molecular formula is C17H15F2N3O2S. The number of pyridine rings is 1. The van der Waals surface area contributed by atoms with Crippen LogP contribution in [0.4, 0.5) is 14.5 Å². The summed E-state index contributed by atoms with van der Waals surface area (Å²) in [5.41, 5.74) is 1.62. The molecule has 2 aromatic rings. The number of aryl methyl sites for hydroxylation is 1. The molecule has 0 aliphatic heterocycles. The van der Waals surface area contributed by atoms with Gasteiger partial charge in [-0.25, -0.2) is 13.8 Å². The topological polar surface area (TPSA) is 75.0 Å². The van der Waals surface area contributed by atoms with Crippen LogP contribution in [0.3, 0.4) is 0 Å². The van der Waals surface area contributed by atoms with E-state index in [1.54, 1.807) is 13.0 Å². The van der Waals surface area contributed by atoms with Gasteiger partial charge in [-0.15, -0.1) is 0 Å². The summed E-state index contributed by atoms with van der Waals surface area (Å²) in [6, 6.07) is 6.71. The summed E-state index contributed by atoms with van der Waals surface area (Å²) in [4.78, 5) is 16.3. The van der Waals surface area contributed by atoms with Gasteiger partial charge in [-0.2, -0.15) is 5.26 Å². The van der Waals surface area contributed by atoms with Gasteiger partial charge in [0, 0.05) is 18.9 Å². The first-order valence-electron chi connectivity index (χ1n) is 7.22. The summed E-state index contributed by atoms with van der Waals surface area (Å²) >= 11 is 1.06. The first-order chi connectivity index (χ1) is 11.9. The maximum Gasteiger partial charge on any atom is 0.234 e. The molecule has 0 bridgehead atoms. The van der Waals surface area contributed by atoms with Gasteiger partial charge in [0.1, 0.15) is 22.7 Å². The van der Waals surface area contributed by atoms with E-state index in [0.29, 0.717) is 27.9 Å². The van der Waals surface area contributed by atoms with Gasteiger partial charge in [0.05, 0.1) is 23.6 Å². The number of methoxy groups -OCH3 is 1. The Balaban J connectivity index is 2.10. The molecule has 25 heavy (non-hydrogen) atoms. The Bertz CT molecular complexity index is 837. The molecule has 1 amide bonds. The number of thioether (sulfide) groups is 1. The van der Waals surface area contributed by atoms with E-state index in [-0.39, 0.29) is 18.0 Å². The molecule has 0 spiro atoms. The summed E-state index contributed by atoms with van der Waals surface area (Å²) in [7, 11) is 1.52. The second-order valence-electron chi connectivity index (χ2n) is 5.11. The number of nitrogens with one attached hydrogen (secondary N) is 1. The molecule has 1 aromatic carbocycles. The predicted octanol–water partition coefficient (Wildman–Crippen LogP) is 3.42. The third-order valence-corrected chi connectivity index (χ3v) is 4.13. The smallest absolute Gasteiger partial charge is 0.234 e. The Labute approximate surface area is 148 Å². The lowest BCUT2D eigenvalue weighted by molar-refractivity contribution is -0.113. The highest BCUT2D eigenvalue weighted by atomic mass is 32.2. The molecule has 5 nitrogen and oxygen atoms in total. The normalized spacial score (nSPS) is 10.4. The summed E-state index contributed by atoms with van der Waals surface area (Å²) in [5.74, 6) is -2.14. The van der Waals surface area contributed by atoms with Crippen molar-refractivity contribution in [1.29, 1.82) is 5.26 Å². The van der Waals surface area contributed by atoms with E-state index in [0.717, 1.165) is 23.9 Å². The van der Waals surface area contributed by atoms with Crippen LogP contribution in [-0.4, -0.2) is 23.8 Å². The Morgan fingerprint density at radius 2 is 2.16 bits per heavy atom. The van der Waals surface area contributed by atoms with Crippen LogP contribution < -0.4 is 5.32 Å². The first kappa shape index (κ1) is 18.8. The molecule has 1 heterocycles. The van der Waals surface area contributed by atoms with Gasteiger partial charge in [0.2, 0.25) is 5.91 Å². The molecule has 2 rings (SSSR count). The third-order valence-electron chi connectivity index (χ3n) is 3.15. The lowest BCUT2D eigenvalue weighted by Crippen LogP contribution is -2.15. The Morgan fingerprint density at radius 3 is 2.80 bits per heavy atom. The van der Waals surface area contributed by atoms with E-state index < -0.39 is 17.5 Å². The van der Waals surface area contributed by atoms with Gasteiger partial charge < -0.3 is 10.1 Å². The van der Waals surface area contributed by atoms with Crippen molar-refractivity contribution in [3.63, 3.8) is 0 Å². The van der Waals surface area contributed by atoms with Crippen LogP contribution in [-0.2, 0) is 16.1 Å². The molecule has 0 atom stereocenters. The van der Waals surface area contributed by atoms with E-state index >= 15 is 0 Å². The number of ether oxygens (including phenoxy) is 1. The van der Waals surface area contributed by atoms with E-state index in [4.69, 9.17) is 4.74 Å². The zero-order chi connectivity index (χ0) is 18.4. The Morgan fingerprint density at radius 1 is 1.40 bits per heavy atom. The lowest BCUT2D eigenvalue weighted by Gasteiger charge is -2.10. The molecule has 0 aliphatic rings. The van der Waals surface area contributed by atoms with Gasteiger partial charge in [0.15, 0.2) is 0 Å². The maximum atomic E-state index is 13.6. The molecule has 0 fully saturated rings. The second kappa shape index (κ2) is 8.55. The number of carbonyl (C=O) groups is 1. The number of hydrogen-bond acceptors (Lipinski definition) is 5. The monoisotopic (exact) mass is 363 g/mol. The van der Waals surface area contributed by atoms with Crippen LogP contribution in [0.5, 0.6) is 0 Å². The fourth-order valence-electron chi connectivity index (χ4n) is 2.11. The number of nitrogens with zero attached hydrogens (tertiary/aromatic N) is 2. The average Bonchev–Trinajstić information content (AvgIpc) is 2.55. The van der Waals surface area contributed by atoms with Crippen molar-refractivity contribution < 1.29 is 18.3 Å². The SMILES string of the molecule is COCc1cc(C)nc(SCC(=O)Nc2ccc(F)cc2F)c1C#N. The summed E-state index contributed by atoms with van der Waals surface area (Å²) < 4.78 is 31.5. The van der Waals surface area contributed by atoms with Crippen molar-refractivity contribution in [3.8, 4) is 6.07 Å². The number of nitriles is 1. The zero-order valence-electron chi connectivity index (χ0n) is 13.6. The number of carbonyl (C=O) groups excluding carboxylic acids is 1. The lowest BCUT2D eigenvalue weighted by atomic mass is 10.1. The summed E-state index contributed by atoms with van der Waals surface area (Å²) in [5, 5.41) is 12.1. The van der Waals surface area contributed by atoms with Gasteiger partial charge in [-0.1, -0.05) is 11.8 Å². The summed E-state index contributed by atoms with van der Waals surface area (Å²) in [6.07, 6.45) is 0. The fourth-order valence-corrected chi connectivity index (χ4v) is 2.98. The van der Waals surface area contributed by atoms with E-state index in [1.165, 1.54) is 7.11 Å². The number of benzene rings is 1. The minimum atomic E-state index is -0.855. The van der Waals surface area contributed by atoms with Gasteiger partial charge in [0.25, 0.3) is 0 Å². The van der Waals surface area contributed by atoms with Gasteiger partial charge in [-0.05, 0) is 30.7 Å². The minimum absolute atomic E-state index is 0.0750. The number of halogens is 2. The Kier molecular flexibility index (Phi) is 6.44. The van der Waals surface area contributed by atoms with Crippen molar-refractivity contribution in [1.82, 2.24) is 4.98 Å². The van der Waals surface area contributed by atoms with Crippen LogP contribution in [0.2, 0.25) is 0 Å². The molecule has 0 saturated heterocycles. The standard InChI is InChI=1S/C17H15F2N3O2S/c1-10-5-11(8-24-2)13(7-20)17(21-10)25-9-16(23)22-15-4-3-12(18)6-14(15)19/h3-6H,8-9H2,1-2H3,(H,22,23). The number of hydrogen-bond donors (Lipinski definition) is 1. The molecule has 0 aliphatic carbocycles. The highest BCUT2D eigenvalue weighted by Crippen LogP contribution is 2.25. The number of aromatic nitrogens is 1. The zero-order valence-corrected chi connectivity index (χ0v) is 14.4. The molecule has 1 N–H and O–H groups in total. The van der Waals surface area contributed by atoms with Crippen LogP contribution >= 0.6 is 11.8 Å². The van der Waals surface area contributed by atoms with E-state index in [2.05, 4.69) is 16.4 Å². The number of amides is 1. The highest BCUT2D eigenvalue weighted by Gasteiger charge is 2.14. The highest BCUT2D eigenvalue weighted by molar-refractivity contribution is 8.00. The van der Waals surface area contributed by atoms with Crippen LogP contribution in [0.15, 0.2) is 29.3 Å². The Hall–Kier alpha value is -2.50. The van der Waals surface area contributed by atoms with Crippen LogP contribution in [0.1, 0.15) is 16.8 Å². The van der Waals surface area contributed by atoms with Gasteiger partial charge in [-0.3, -0.25) is 4.79 Å². The fraction of sp³-hybridized carbons (Fsp3) is 0.235. The maximum absolute atomic E-state index is 13.6. The molecule has 0 unspecified atom stereocenters. The molecule has 130 valence electrons. The van der Waals surface area contributed by atoms with E-state index in [1.807, 2.05) is 0 Å². The second-order valence-corrected chi connectivity index (χ2v) is 6.07. The average molecular weight is 363 g/mol. The molecule has 0 saturated carbocycles. The first-order valence-corrected chi connectivity index (χ1v) is 8.20. The van der Waals surface area contributed by atoms with Crippen LogP contribution in [0.25, 0.3) is 0 Å².